The van der Waals surface area contributed by atoms with E-state index in [2.05, 4.69) is 4.90 Å². The topological polar surface area (TPSA) is 53.1 Å². The van der Waals surface area contributed by atoms with Crippen LogP contribution in [0.4, 0.5) is 20.6 Å². The third kappa shape index (κ3) is 4.32. The van der Waals surface area contributed by atoms with Gasteiger partial charge in [0.1, 0.15) is 12.4 Å². The molecule has 3 heterocycles. The van der Waals surface area contributed by atoms with E-state index < -0.39 is 0 Å². The van der Waals surface area contributed by atoms with E-state index in [1.165, 1.54) is 12.1 Å². The summed E-state index contributed by atoms with van der Waals surface area (Å²) < 4.78 is 19.0. The Hall–Kier alpha value is -2.64. The van der Waals surface area contributed by atoms with Crippen molar-refractivity contribution in [1.82, 2.24) is 4.90 Å². The number of ether oxygens (including phenoxy) is 1. The van der Waals surface area contributed by atoms with Gasteiger partial charge in [-0.1, -0.05) is 11.6 Å². The first-order chi connectivity index (χ1) is 15.9. The van der Waals surface area contributed by atoms with Crippen LogP contribution in [0.25, 0.3) is 0 Å². The van der Waals surface area contributed by atoms with Gasteiger partial charge in [0.05, 0.1) is 12.2 Å². The molecule has 0 spiro atoms. The third-order valence-corrected chi connectivity index (χ3v) is 7.21. The first-order valence-electron chi connectivity index (χ1n) is 11.5. The molecule has 5 rings (SSSR count). The quantitative estimate of drug-likeness (QED) is 0.647. The van der Waals surface area contributed by atoms with Crippen molar-refractivity contribution in [2.45, 2.75) is 51.3 Å². The molecule has 1 atom stereocenters. The SMILES string of the molecule is CC1CCc2cc(F)ccc2N1C(=O)CN1CCC(N2C(=O)OCc3cc(Cl)ccc32)CC1. The van der Waals surface area contributed by atoms with Crippen molar-refractivity contribution in [1.29, 1.82) is 0 Å². The predicted octanol–water partition coefficient (Wildman–Crippen LogP) is 4.77. The zero-order valence-electron chi connectivity index (χ0n) is 18.6. The normalized spacial score (nSPS) is 21.4. The number of anilines is 2. The van der Waals surface area contributed by atoms with Gasteiger partial charge in [-0.25, -0.2) is 9.18 Å². The third-order valence-electron chi connectivity index (χ3n) is 6.97. The van der Waals surface area contributed by atoms with Crippen molar-refractivity contribution in [3.05, 3.63) is 58.4 Å². The van der Waals surface area contributed by atoms with Gasteiger partial charge in [-0.2, -0.15) is 0 Å². The van der Waals surface area contributed by atoms with E-state index in [9.17, 15) is 14.0 Å². The highest BCUT2D eigenvalue weighted by Crippen LogP contribution is 2.34. The number of fused-ring (bicyclic) bond motifs is 2. The average Bonchev–Trinajstić information content (AvgIpc) is 2.80. The number of piperidine rings is 1. The minimum absolute atomic E-state index is 0.0155. The van der Waals surface area contributed by atoms with Crippen molar-refractivity contribution in [2.24, 2.45) is 0 Å². The zero-order valence-corrected chi connectivity index (χ0v) is 19.4. The predicted molar refractivity (Wildman–Crippen MR) is 125 cm³/mol. The second kappa shape index (κ2) is 8.95. The summed E-state index contributed by atoms with van der Waals surface area (Å²) in [6, 6.07) is 10.3. The number of hydrogen-bond acceptors (Lipinski definition) is 4. The van der Waals surface area contributed by atoms with Crippen LogP contribution < -0.4 is 9.80 Å². The van der Waals surface area contributed by atoms with E-state index >= 15 is 0 Å². The summed E-state index contributed by atoms with van der Waals surface area (Å²) in [6.07, 6.45) is 2.78. The molecular formula is C25H27ClFN3O3. The maximum atomic E-state index is 13.7. The van der Waals surface area contributed by atoms with Crippen molar-refractivity contribution in [3.8, 4) is 0 Å². The number of halogens is 2. The van der Waals surface area contributed by atoms with Crippen LogP contribution in [0.2, 0.25) is 5.02 Å². The van der Waals surface area contributed by atoms with E-state index in [1.54, 1.807) is 17.0 Å². The number of likely N-dealkylation sites (tertiary alicyclic amines) is 1. The number of aryl methyl sites for hydroxylation is 1. The van der Waals surface area contributed by atoms with Crippen LogP contribution in [0.1, 0.15) is 37.3 Å². The Morgan fingerprint density at radius 2 is 1.85 bits per heavy atom. The standard InChI is InChI=1S/C25H27ClFN3O3/c1-16-2-3-17-13-20(27)5-7-22(17)29(16)24(31)14-28-10-8-21(9-11-28)30-23-6-4-19(26)12-18(23)15-33-25(30)32/h4-7,12-13,16,21H,2-3,8-11,14-15H2,1H3. The van der Waals surface area contributed by atoms with Gasteiger partial charge in [0.15, 0.2) is 0 Å². The molecule has 0 N–H and O–H groups in total. The molecule has 0 saturated carbocycles. The Labute approximate surface area is 197 Å². The highest BCUT2D eigenvalue weighted by molar-refractivity contribution is 6.30. The van der Waals surface area contributed by atoms with Gasteiger partial charge in [-0.3, -0.25) is 14.6 Å². The zero-order chi connectivity index (χ0) is 23.1. The van der Waals surface area contributed by atoms with Crippen LogP contribution in [-0.2, 0) is 22.6 Å². The van der Waals surface area contributed by atoms with Crippen molar-refractivity contribution in [3.63, 3.8) is 0 Å². The van der Waals surface area contributed by atoms with Crippen LogP contribution >= 0.6 is 11.6 Å². The number of cyclic esters (lactones) is 1. The summed E-state index contributed by atoms with van der Waals surface area (Å²) >= 11 is 6.11. The number of carbonyl (C=O) groups is 2. The molecule has 8 heteroatoms. The minimum Gasteiger partial charge on any atom is -0.444 e. The molecule has 6 nitrogen and oxygen atoms in total. The molecule has 33 heavy (non-hydrogen) atoms. The Kier molecular flexibility index (Phi) is 6.01. The smallest absolute Gasteiger partial charge is 0.414 e. The van der Waals surface area contributed by atoms with Crippen molar-refractivity contribution < 1.29 is 18.7 Å². The fraction of sp³-hybridized carbons (Fsp3) is 0.440. The Morgan fingerprint density at radius 1 is 1.09 bits per heavy atom. The molecule has 0 aliphatic carbocycles. The van der Waals surface area contributed by atoms with Crippen LogP contribution in [0.3, 0.4) is 0 Å². The first kappa shape index (κ1) is 22.2. The Balaban J connectivity index is 1.25. The highest BCUT2D eigenvalue weighted by Gasteiger charge is 2.36. The monoisotopic (exact) mass is 471 g/mol. The molecule has 1 saturated heterocycles. The largest absolute Gasteiger partial charge is 0.444 e. The number of rotatable bonds is 3. The summed E-state index contributed by atoms with van der Waals surface area (Å²) in [5.74, 6) is -0.233. The fourth-order valence-corrected chi connectivity index (χ4v) is 5.46. The molecule has 3 aliphatic rings. The molecule has 2 aromatic rings. The molecule has 0 bridgehead atoms. The number of nitrogens with zero attached hydrogens (tertiary/aromatic N) is 3. The fourth-order valence-electron chi connectivity index (χ4n) is 5.26. The molecule has 3 aliphatic heterocycles. The second-order valence-corrected chi connectivity index (χ2v) is 9.57. The number of carbonyl (C=O) groups excluding carboxylic acids is 2. The lowest BCUT2D eigenvalue weighted by molar-refractivity contribution is -0.120. The number of hydrogen-bond donors (Lipinski definition) is 0. The lowest BCUT2D eigenvalue weighted by atomic mass is 9.96. The van der Waals surface area contributed by atoms with Gasteiger partial charge in [-0.05, 0) is 74.6 Å². The van der Waals surface area contributed by atoms with Gasteiger partial charge in [-0.15, -0.1) is 0 Å². The molecule has 174 valence electrons. The van der Waals surface area contributed by atoms with E-state index in [4.69, 9.17) is 16.3 Å². The molecule has 0 aromatic heterocycles. The highest BCUT2D eigenvalue weighted by atomic mass is 35.5. The lowest BCUT2D eigenvalue weighted by Gasteiger charge is -2.41. The van der Waals surface area contributed by atoms with Crippen molar-refractivity contribution in [2.75, 3.05) is 29.4 Å². The van der Waals surface area contributed by atoms with E-state index in [1.807, 2.05) is 24.0 Å². The molecule has 1 fully saturated rings. The molecule has 2 amide bonds. The summed E-state index contributed by atoms with van der Waals surface area (Å²) in [6.45, 7) is 4.01. The number of benzene rings is 2. The van der Waals surface area contributed by atoms with Gasteiger partial charge >= 0.3 is 6.09 Å². The number of amides is 2. The van der Waals surface area contributed by atoms with E-state index in [0.29, 0.717) is 24.7 Å². The first-order valence-corrected chi connectivity index (χ1v) is 11.9. The van der Waals surface area contributed by atoms with Gasteiger partial charge in [0.25, 0.3) is 0 Å². The van der Waals surface area contributed by atoms with Crippen LogP contribution in [-0.4, -0.2) is 48.6 Å². The molecule has 1 unspecified atom stereocenters. The van der Waals surface area contributed by atoms with Gasteiger partial charge in [0, 0.05) is 41.4 Å². The van der Waals surface area contributed by atoms with Crippen molar-refractivity contribution >= 4 is 35.0 Å². The van der Waals surface area contributed by atoms with Crippen LogP contribution in [0.15, 0.2) is 36.4 Å². The maximum absolute atomic E-state index is 13.7. The maximum Gasteiger partial charge on any atom is 0.414 e. The second-order valence-electron chi connectivity index (χ2n) is 9.13. The minimum atomic E-state index is -0.328. The Bertz CT molecular complexity index is 1090. The van der Waals surface area contributed by atoms with E-state index in [0.717, 1.165) is 48.2 Å². The van der Waals surface area contributed by atoms with Gasteiger partial charge < -0.3 is 9.64 Å². The summed E-state index contributed by atoms with van der Waals surface area (Å²) in [5, 5.41) is 0.622. The summed E-state index contributed by atoms with van der Waals surface area (Å²) in [5.41, 5.74) is 3.48. The van der Waals surface area contributed by atoms with E-state index in [-0.39, 0.29) is 36.5 Å². The summed E-state index contributed by atoms with van der Waals surface area (Å²) in [4.78, 5) is 31.5. The molecular weight excluding hydrogens is 445 g/mol. The lowest BCUT2D eigenvalue weighted by Crippen LogP contribution is -2.52. The van der Waals surface area contributed by atoms with Crippen LogP contribution in [0, 0.1) is 5.82 Å². The Morgan fingerprint density at radius 3 is 2.64 bits per heavy atom. The van der Waals surface area contributed by atoms with Crippen LogP contribution in [0.5, 0.6) is 0 Å². The molecule has 2 aromatic carbocycles. The van der Waals surface area contributed by atoms with Gasteiger partial charge in [0.2, 0.25) is 5.91 Å². The molecule has 0 radical (unpaired) electrons. The summed E-state index contributed by atoms with van der Waals surface area (Å²) in [7, 11) is 0. The average molecular weight is 472 g/mol.